The van der Waals surface area contributed by atoms with Crippen molar-refractivity contribution in [3.05, 3.63) is 24.3 Å². The first-order valence-electron chi connectivity index (χ1n) is 8.56. The van der Waals surface area contributed by atoms with E-state index in [-0.39, 0.29) is 0 Å². The average Bonchev–Trinajstić information content (AvgIpc) is 2.92. The van der Waals surface area contributed by atoms with E-state index in [1.54, 1.807) is 7.11 Å². The lowest BCUT2D eigenvalue weighted by molar-refractivity contribution is 0.135. The van der Waals surface area contributed by atoms with Crippen molar-refractivity contribution in [3.8, 4) is 5.75 Å². The summed E-state index contributed by atoms with van der Waals surface area (Å²) in [6.07, 6.45) is 4.03. The Morgan fingerprint density at radius 3 is 2.05 bits per heavy atom. The van der Waals surface area contributed by atoms with Crippen LogP contribution in [0.2, 0.25) is 0 Å². The van der Waals surface area contributed by atoms with Gasteiger partial charge in [0.05, 0.1) is 7.11 Å². The maximum absolute atomic E-state index is 5.25. The van der Waals surface area contributed by atoms with Crippen molar-refractivity contribution < 1.29 is 4.74 Å². The van der Waals surface area contributed by atoms with E-state index in [1.165, 1.54) is 51.1 Å². The van der Waals surface area contributed by atoms with E-state index in [0.29, 0.717) is 11.0 Å². The van der Waals surface area contributed by atoms with E-state index < -0.39 is 0 Å². The van der Waals surface area contributed by atoms with Crippen LogP contribution in [0.5, 0.6) is 5.75 Å². The highest BCUT2D eigenvalue weighted by molar-refractivity contribution is 5.49. The first kappa shape index (κ1) is 15.7. The molecule has 2 fully saturated rings. The number of nitrogens with zero attached hydrogens (tertiary/aromatic N) is 2. The molecule has 1 aromatic rings. The van der Waals surface area contributed by atoms with E-state index >= 15 is 0 Å². The zero-order valence-electron chi connectivity index (χ0n) is 14.6. The highest BCUT2D eigenvalue weighted by Crippen LogP contribution is 2.43. The Labute approximate surface area is 135 Å². The molecule has 0 amide bonds. The number of ether oxygens (including phenoxy) is 1. The molecule has 0 saturated carbocycles. The van der Waals surface area contributed by atoms with Crippen molar-refractivity contribution in [2.24, 2.45) is 5.41 Å². The van der Waals surface area contributed by atoms with Gasteiger partial charge in [-0.15, -0.1) is 0 Å². The third-order valence-electron chi connectivity index (χ3n) is 5.65. The highest BCUT2D eigenvalue weighted by atomic mass is 16.5. The smallest absolute Gasteiger partial charge is 0.119 e. The van der Waals surface area contributed by atoms with Crippen molar-refractivity contribution in [2.45, 2.75) is 45.6 Å². The number of methoxy groups -OCH3 is 1. The van der Waals surface area contributed by atoms with Crippen LogP contribution in [0.25, 0.3) is 0 Å². The Hall–Kier alpha value is -1.22. The second kappa shape index (κ2) is 5.77. The van der Waals surface area contributed by atoms with Crippen molar-refractivity contribution in [3.63, 3.8) is 0 Å². The fraction of sp³-hybridized carbons (Fsp3) is 0.684. The van der Waals surface area contributed by atoms with Gasteiger partial charge in [0.2, 0.25) is 0 Å². The van der Waals surface area contributed by atoms with Gasteiger partial charge in [-0.05, 0) is 76.3 Å². The number of benzene rings is 1. The van der Waals surface area contributed by atoms with Gasteiger partial charge in [-0.1, -0.05) is 0 Å². The Bertz CT molecular complexity index is 495. The molecule has 0 aliphatic carbocycles. The van der Waals surface area contributed by atoms with Crippen LogP contribution in [-0.4, -0.2) is 43.7 Å². The largest absolute Gasteiger partial charge is 0.497 e. The molecular formula is C19H30N2O. The van der Waals surface area contributed by atoms with Gasteiger partial charge >= 0.3 is 0 Å². The Balaban J connectivity index is 1.60. The molecule has 1 aromatic carbocycles. The molecule has 22 heavy (non-hydrogen) atoms. The molecule has 2 aliphatic rings. The van der Waals surface area contributed by atoms with Crippen LogP contribution in [0, 0.1) is 5.41 Å². The van der Waals surface area contributed by atoms with E-state index in [9.17, 15) is 0 Å². The van der Waals surface area contributed by atoms with E-state index in [1.807, 2.05) is 0 Å². The molecule has 0 aromatic heterocycles. The average molecular weight is 302 g/mol. The lowest BCUT2D eigenvalue weighted by Gasteiger charge is -2.41. The van der Waals surface area contributed by atoms with Crippen LogP contribution in [-0.2, 0) is 0 Å². The van der Waals surface area contributed by atoms with Crippen LogP contribution in [0.15, 0.2) is 24.3 Å². The lowest BCUT2D eigenvalue weighted by Crippen LogP contribution is -2.45. The first-order valence-corrected chi connectivity index (χ1v) is 8.56. The molecule has 0 radical (unpaired) electrons. The molecule has 122 valence electrons. The lowest BCUT2D eigenvalue weighted by atomic mass is 9.77. The van der Waals surface area contributed by atoms with Crippen LogP contribution >= 0.6 is 0 Å². The van der Waals surface area contributed by atoms with Crippen molar-refractivity contribution in [1.82, 2.24) is 4.90 Å². The Morgan fingerprint density at radius 1 is 0.955 bits per heavy atom. The maximum atomic E-state index is 5.25. The van der Waals surface area contributed by atoms with Gasteiger partial charge in [-0.25, -0.2) is 0 Å². The minimum absolute atomic E-state index is 0.316. The molecule has 2 heterocycles. The summed E-state index contributed by atoms with van der Waals surface area (Å²) in [4.78, 5) is 5.21. The SMILES string of the molecule is COc1ccc(N2CCC3(CC2)CCN(C(C)(C)C)C3)cc1. The fourth-order valence-corrected chi connectivity index (χ4v) is 3.95. The number of piperidine rings is 1. The molecule has 0 unspecified atom stereocenters. The maximum Gasteiger partial charge on any atom is 0.119 e. The minimum atomic E-state index is 0.316. The second-order valence-electron chi connectivity index (χ2n) is 8.03. The fourth-order valence-electron chi connectivity index (χ4n) is 3.95. The molecule has 0 atom stereocenters. The normalized spacial score (nSPS) is 22.3. The standard InChI is InChI=1S/C19H30N2O/c1-18(2,3)21-14-11-19(15-21)9-12-20(13-10-19)16-5-7-17(22-4)8-6-16/h5-8H,9-15H2,1-4H3. The molecule has 2 saturated heterocycles. The van der Waals surface area contributed by atoms with E-state index in [2.05, 4.69) is 54.8 Å². The van der Waals surface area contributed by atoms with Gasteiger partial charge in [-0.2, -0.15) is 0 Å². The number of hydrogen-bond acceptors (Lipinski definition) is 3. The summed E-state index contributed by atoms with van der Waals surface area (Å²) < 4.78 is 5.25. The number of hydrogen-bond donors (Lipinski definition) is 0. The highest BCUT2D eigenvalue weighted by Gasteiger charge is 2.43. The molecule has 0 N–H and O–H groups in total. The topological polar surface area (TPSA) is 15.7 Å². The summed E-state index contributed by atoms with van der Waals surface area (Å²) in [5.74, 6) is 0.939. The van der Waals surface area contributed by atoms with Gasteiger partial charge in [-0.3, -0.25) is 4.90 Å². The Kier molecular flexibility index (Phi) is 4.11. The number of rotatable bonds is 2. The molecular weight excluding hydrogens is 272 g/mol. The molecule has 1 spiro atoms. The summed E-state index contributed by atoms with van der Waals surface area (Å²) in [7, 11) is 1.72. The first-order chi connectivity index (χ1) is 10.4. The minimum Gasteiger partial charge on any atom is -0.497 e. The summed E-state index contributed by atoms with van der Waals surface area (Å²) in [5, 5.41) is 0. The van der Waals surface area contributed by atoms with Crippen LogP contribution in [0.1, 0.15) is 40.0 Å². The van der Waals surface area contributed by atoms with Gasteiger partial charge in [0.15, 0.2) is 0 Å². The molecule has 3 heteroatoms. The Morgan fingerprint density at radius 2 is 1.55 bits per heavy atom. The van der Waals surface area contributed by atoms with E-state index in [0.717, 1.165) is 5.75 Å². The number of anilines is 1. The van der Waals surface area contributed by atoms with Gasteiger partial charge in [0, 0.05) is 30.9 Å². The van der Waals surface area contributed by atoms with Crippen molar-refractivity contribution in [2.75, 3.05) is 38.2 Å². The number of likely N-dealkylation sites (tertiary alicyclic amines) is 1. The summed E-state index contributed by atoms with van der Waals surface area (Å²) in [5.41, 5.74) is 2.22. The predicted octanol–water partition coefficient (Wildman–Crippen LogP) is 3.79. The van der Waals surface area contributed by atoms with Crippen molar-refractivity contribution in [1.29, 1.82) is 0 Å². The quantitative estimate of drug-likeness (QED) is 0.827. The molecule has 2 aliphatic heterocycles. The monoisotopic (exact) mass is 302 g/mol. The summed E-state index contributed by atoms with van der Waals surface area (Å²) >= 11 is 0. The van der Waals surface area contributed by atoms with Gasteiger partial charge < -0.3 is 9.64 Å². The summed E-state index contributed by atoms with van der Waals surface area (Å²) in [6, 6.07) is 8.51. The summed E-state index contributed by atoms with van der Waals surface area (Å²) in [6.45, 7) is 12.0. The zero-order valence-corrected chi connectivity index (χ0v) is 14.6. The van der Waals surface area contributed by atoms with E-state index in [4.69, 9.17) is 4.74 Å². The zero-order chi connectivity index (χ0) is 15.8. The third-order valence-corrected chi connectivity index (χ3v) is 5.65. The van der Waals surface area contributed by atoms with Crippen molar-refractivity contribution >= 4 is 5.69 Å². The molecule has 0 bridgehead atoms. The molecule has 3 rings (SSSR count). The second-order valence-corrected chi connectivity index (χ2v) is 8.03. The third kappa shape index (κ3) is 3.10. The van der Waals surface area contributed by atoms with Gasteiger partial charge in [0.25, 0.3) is 0 Å². The van der Waals surface area contributed by atoms with Crippen LogP contribution in [0.4, 0.5) is 5.69 Å². The molecule has 3 nitrogen and oxygen atoms in total. The predicted molar refractivity (Wildman–Crippen MR) is 92.8 cm³/mol. The van der Waals surface area contributed by atoms with Gasteiger partial charge in [0.1, 0.15) is 5.75 Å². The van der Waals surface area contributed by atoms with Crippen LogP contribution < -0.4 is 9.64 Å². The van der Waals surface area contributed by atoms with Crippen LogP contribution in [0.3, 0.4) is 0 Å².